The summed E-state index contributed by atoms with van der Waals surface area (Å²) in [6.07, 6.45) is 0. The van der Waals surface area contributed by atoms with Crippen molar-refractivity contribution in [1.29, 1.82) is 0 Å². The van der Waals surface area contributed by atoms with Crippen molar-refractivity contribution in [2.24, 2.45) is 10.7 Å². The van der Waals surface area contributed by atoms with Crippen LogP contribution in [0.25, 0.3) is 0 Å². The largest absolute Gasteiger partial charge is 0.379 e. The lowest BCUT2D eigenvalue weighted by atomic mass is 10.0. The van der Waals surface area contributed by atoms with Crippen LogP contribution in [-0.4, -0.2) is 49.2 Å². The predicted molar refractivity (Wildman–Crippen MR) is 111 cm³/mol. The number of aliphatic imine (C=N–C) groups is 1. The Balaban J connectivity index is 0.00000288. The topological polar surface area (TPSA) is 62.9 Å². The first-order valence-electron chi connectivity index (χ1n) is 8.31. The molecule has 0 radical (unpaired) electrons. The molecule has 5 nitrogen and oxygen atoms in total. The van der Waals surface area contributed by atoms with Gasteiger partial charge in [0.15, 0.2) is 5.96 Å². The summed E-state index contributed by atoms with van der Waals surface area (Å²) in [4.78, 5) is 7.03. The normalized spacial score (nSPS) is 17.9. The first-order valence-corrected chi connectivity index (χ1v) is 8.31. The Bertz CT molecular complexity index is 536. The van der Waals surface area contributed by atoms with Gasteiger partial charge in [0.2, 0.25) is 0 Å². The Kier molecular flexibility index (Phi) is 8.45. The molecular weight excluding hydrogens is 415 g/mol. The van der Waals surface area contributed by atoms with Gasteiger partial charge in [0.05, 0.1) is 25.8 Å². The molecule has 6 heteroatoms. The van der Waals surface area contributed by atoms with E-state index in [0.717, 1.165) is 26.3 Å². The summed E-state index contributed by atoms with van der Waals surface area (Å²) in [6.45, 7) is 12.4. The minimum absolute atomic E-state index is 0. The average Bonchev–Trinajstić information content (AvgIpc) is 2.47. The second-order valence-corrected chi connectivity index (χ2v) is 7.18. The molecule has 1 aromatic rings. The second-order valence-electron chi connectivity index (χ2n) is 7.18. The van der Waals surface area contributed by atoms with Crippen LogP contribution in [0.3, 0.4) is 0 Å². The summed E-state index contributed by atoms with van der Waals surface area (Å²) in [5, 5.41) is 3.22. The smallest absolute Gasteiger partial charge is 0.189 e. The quantitative estimate of drug-likeness (QED) is 0.424. The van der Waals surface area contributed by atoms with Crippen molar-refractivity contribution in [1.82, 2.24) is 10.2 Å². The fraction of sp³-hybridized carbons (Fsp3) is 0.611. The van der Waals surface area contributed by atoms with Gasteiger partial charge in [-0.2, -0.15) is 0 Å². The van der Waals surface area contributed by atoms with Gasteiger partial charge in [0.1, 0.15) is 0 Å². The van der Waals surface area contributed by atoms with E-state index in [9.17, 15) is 0 Å². The number of nitrogens with one attached hydrogen (secondary N) is 1. The van der Waals surface area contributed by atoms with E-state index in [1.807, 2.05) is 0 Å². The van der Waals surface area contributed by atoms with Crippen LogP contribution >= 0.6 is 24.0 Å². The highest BCUT2D eigenvalue weighted by Gasteiger charge is 2.22. The number of rotatable bonds is 4. The Morgan fingerprint density at radius 1 is 1.33 bits per heavy atom. The van der Waals surface area contributed by atoms with Gasteiger partial charge >= 0.3 is 0 Å². The van der Waals surface area contributed by atoms with Gasteiger partial charge in [-0.25, -0.2) is 0 Å². The monoisotopic (exact) mass is 446 g/mol. The molecule has 0 saturated carbocycles. The number of morpholine rings is 1. The van der Waals surface area contributed by atoms with Gasteiger partial charge in [-0.15, -0.1) is 24.0 Å². The van der Waals surface area contributed by atoms with Crippen molar-refractivity contribution in [2.45, 2.75) is 39.3 Å². The lowest BCUT2D eigenvalue weighted by Gasteiger charge is -2.34. The number of halogens is 1. The van der Waals surface area contributed by atoms with Gasteiger partial charge in [-0.3, -0.25) is 9.89 Å². The number of nitrogens with two attached hydrogens (primary N) is 1. The van der Waals surface area contributed by atoms with Crippen LogP contribution in [0, 0.1) is 6.92 Å². The number of ether oxygens (including phenoxy) is 1. The molecule has 0 aliphatic carbocycles. The first kappa shape index (κ1) is 21.2. The van der Waals surface area contributed by atoms with Crippen molar-refractivity contribution in [3.8, 4) is 0 Å². The van der Waals surface area contributed by atoms with Crippen LogP contribution < -0.4 is 11.1 Å². The molecule has 1 atom stereocenters. The zero-order valence-electron chi connectivity index (χ0n) is 15.2. The van der Waals surface area contributed by atoms with Crippen molar-refractivity contribution in [3.63, 3.8) is 0 Å². The highest BCUT2D eigenvalue weighted by molar-refractivity contribution is 14.0. The van der Waals surface area contributed by atoms with E-state index in [1.165, 1.54) is 11.1 Å². The van der Waals surface area contributed by atoms with Crippen LogP contribution in [0.15, 0.2) is 29.3 Å². The maximum Gasteiger partial charge on any atom is 0.189 e. The van der Waals surface area contributed by atoms with E-state index in [-0.39, 0.29) is 35.6 Å². The molecule has 0 bridgehead atoms. The molecule has 24 heavy (non-hydrogen) atoms. The molecule has 1 heterocycles. The SMILES string of the molecule is Cc1cccc(C(CN=C(N)NC(C)(C)C)N2CCOCC2)c1.I. The number of guanidine groups is 1. The van der Waals surface area contributed by atoms with E-state index >= 15 is 0 Å². The van der Waals surface area contributed by atoms with Crippen molar-refractivity contribution in [3.05, 3.63) is 35.4 Å². The predicted octanol–water partition coefficient (Wildman–Crippen LogP) is 2.69. The molecule has 1 aliphatic rings. The number of hydrogen-bond acceptors (Lipinski definition) is 3. The third-order valence-corrected chi connectivity index (χ3v) is 3.85. The van der Waals surface area contributed by atoms with Gasteiger partial charge in [-0.05, 0) is 33.3 Å². The Hall–Kier alpha value is -0.860. The Morgan fingerprint density at radius 3 is 2.58 bits per heavy atom. The summed E-state index contributed by atoms with van der Waals surface area (Å²) < 4.78 is 5.49. The Morgan fingerprint density at radius 2 is 2.00 bits per heavy atom. The maximum atomic E-state index is 6.04. The number of hydrogen-bond donors (Lipinski definition) is 2. The third kappa shape index (κ3) is 6.94. The fourth-order valence-electron chi connectivity index (χ4n) is 2.81. The standard InChI is InChI=1S/C18H30N4O.HI/c1-14-6-5-7-15(12-14)16(22-8-10-23-11-9-22)13-20-17(19)21-18(2,3)4;/h5-7,12,16H,8-11,13H2,1-4H3,(H3,19,20,21);1H. The van der Waals surface area contributed by atoms with E-state index in [1.54, 1.807) is 0 Å². The molecule has 1 unspecified atom stereocenters. The van der Waals surface area contributed by atoms with Gasteiger partial charge in [0, 0.05) is 18.6 Å². The van der Waals surface area contributed by atoms with Crippen LogP contribution in [0.1, 0.15) is 37.9 Å². The number of nitrogens with zero attached hydrogens (tertiary/aromatic N) is 2. The summed E-state index contributed by atoms with van der Waals surface area (Å²) >= 11 is 0. The van der Waals surface area contributed by atoms with E-state index < -0.39 is 0 Å². The zero-order chi connectivity index (χ0) is 16.9. The molecule has 0 aromatic heterocycles. The van der Waals surface area contributed by atoms with E-state index in [2.05, 4.69) is 67.2 Å². The summed E-state index contributed by atoms with van der Waals surface area (Å²) in [7, 11) is 0. The molecular formula is C18H31IN4O. The average molecular weight is 446 g/mol. The van der Waals surface area contributed by atoms with Gasteiger partial charge in [-0.1, -0.05) is 29.8 Å². The fourth-order valence-corrected chi connectivity index (χ4v) is 2.81. The van der Waals surface area contributed by atoms with Crippen LogP contribution in [-0.2, 0) is 4.74 Å². The minimum atomic E-state index is -0.0780. The molecule has 3 N–H and O–H groups in total. The molecule has 0 spiro atoms. The molecule has 1 saturated heterocycles. The highest BCUT2D eigenvalue weighted by Crippen LogP contribution is 2.23. The molecule has 1 aliphatic heterocycles. The molecule has 1 fully saturated rings. The first-order chi connectivity index (χ1) is 10.8. The van der Waals surface area contributed by atoms with Gasteiger partial charge in [0.25, 0.3) is 0 Å². The summed E-state index contributed by atoms with van der Waals surface area (Å²) in [6, 6.07) is 8.88. The van der Waals surface area contributed by atoms with Crippen LogP contribution in [0.5, 0.6) is 0 Å². The molecule has 1 aromatic carbocycles. The highest BCUT2D eigenvalue weighted by atomic mass is 127. The third-order valence-electron chi connectivity index (χ3n) is 3.85. The minimum Gasteiger partial charge on any atom is -0.379 e. The maximum absolute atomic E-state index is 6.04. The van der Waals surface area contributed by atoms with Crippen LogP contribution in [0.2, 0.25) is 0 Å². The zero-order valence-corrected chi connectivity index (χ0v) is 17.5. The Labute approximate surface area is 163 Å². The van der Waals surface area contributed by atoms with Crippen molar-refractivity contribution < 1.29 is 4.74 Å². The summed E-state index contributed by atoms with van der Waals surface area (Å²) in [5.41, 5.74) is 8.52. The van der Waals surface area contributed by atoms with Crippen molar-refractivity contribution >= 4 is 29.9 Å². The summed E-state index contributed by atoms with van der Waals surface area (Å²) in [5.74, 6) is 0.503. The van der Waals surface area contributed by atoms with Crippen LogP contribution in [0.4, 0.5) is 0 Å². The van der Waals surface area contributed by atoms with Crippen molar-refractivity contribution in [2.75, 3.05) is 32.8 Å². The number of aryl methyl sites for hydroxylation is 1. The molecule has 2 rings (SSSR count). The number of benzene rings is 1. The molecule has 0 amide bonds. The van der Waals surface area contributed by atoms with E-state index in [4.69, 9.17) is 10.5 Å². The second kappa shape index (κ2) is 9.58. The van der Waals surface area contributed by atoms with Gasteiger partial charge < -0.3 is 15.8 Å². The lowest BCUT2D eigenvalue weighted by Crippen LogP contribution is -2.45. The van der Waals surface area contributed by atoms with E-state index in [0.29, 0.717) is 12.5 Å². The molecule has 136 valence electrons. The lowest BCUT2D eigenvalue weighted by molar-refractivity contribution is 0.0179.